The lowest BCUT2D eigenvalue weighted by molar-refractivity contribution is 0.369. The minimum atomic E-state index is 0.439. The van der Waals surface area contributed by atoms with Crippen molar-refractivity contribution in [1.82, 2.24) is 15.5 Å². The van der Waals surface area contributed by atoms with Crippen LogP contribution >= 0.6 is 0 Å². The summed E-state index contributed by atoms with van der Waals surface area (Å²) in [6.45, 7) is 4.13. The Morgan fingerprint density at radius 2 is 2.20 bits per heavy atom. The zero-order valence-electron chi connectivity index (χ0n) is 12.4. The first-order chi connectivity index (χ1) is 9.63. The molecule has 0 amide bonds. The van der Waals surface area contributed by atoms with Gasteiger partial charge in [0.05, 0.1) is 7.11 Å². The second kappa shape index (κ2) is 6.52. The number of aromatic nitrogens is 2. The number of methoxy groups -OCH3 is 1. The van der Waals surface area contributed by atoms with Crippen molar-refractivity contribution < 1.29 is 9.26 Å². The number of nitrogens with zero attached hydrogens (tertiary/aromatic N) is 2. The van der Waals surface area contributed by atoms with E-state index in [9.17, 15) is 0 Å². The molecule has 1 aromatic carbocycles. The molecule has 5 heteroatoms. The van der Waals surface area contributed by atoms with E-state index in [2.05, 4.69) is 22.4 Å². The van der Waals surface area contributed by atoms with Gasteiger partial charge < -0.3 is 14.6 Å². The SMILES string of the molecule is CNC(C)CCc1nc(-c2ccc(OC)c(C)c2)no1. The third-order valence-electron chi connectivity index (χ3n) is 3.41. The van der Waals surface area contributed by atoms with Crippen molar-refractivity contribution in [2.45, 2.75) is 32.7 Å². The highest BCUT2D eigenvalue weighted by Gasteiger charge is 2.11. The Morgan fingerprint density at radius 3 is 2.85 bits per heavy atom. The number of ether oxygens (including phenoxy) is 1. The molecule has 1 heterocycles. The molecular weight excluding hydrogens is 254 g/mol. The second-order valence-electron chi connectivity index (χ2n) is 4.92. The van der Waals surface area contributed by atoms with Gasteiger partial charge in [-0.2, -0.15) is 4.98 Å². The third-order valence-corrected chi connectivity index (χ3v) is 3.41. The van der Waals surface area contributed by atoms with Gasteiger partial charge in [0, 0.05) is 18.0 Å². The van der Waals surface area contributed by atoms with Crippen LogP contribution in [0.3, 0.4) is 0 Å². The molecule has 2 rings (SSSR count). The molecule has 2 aromatic rings. The van der Waals surface area contributed by atoms with Crippen LogP contribution < -0.4 is 10.1 Å². The standard InChI is InChI=1S/C15H21N3O2/c1-10-9-12(6-7-13(10)19-4)15-17-14(20-18-15)8-5-11(2)16-3/h6-7,9,11,16H,5,8H2,1-4H3. The fraction of sp³-hybridized carbons (Fsp3) is 0.467. The summed E-state index contributed by atoms with van der Waals surface area (Å²) in [6, 6.07) is 6.30. The molecule has 0 saturated heterocycles. The summed E-state index contributed by atoms with van der Waals surface area (Å²) in [5, 5.41) is 7.23. The lowest BCUT2D eigenvalue weighted by atomic mass is 10.1. The lowest BCUT2D eigenvalue weighted by Gasteiger charge is -2.06. The van der Waals surface area contributed by atoms with Crippen LogP contribution in [0.1, 0.15) is 24.8 Å². The van der Waals surface area contributed by atoms with E-state index >= 15 is 0 Å². The van der Waals surface area contributed by atoms with Crippen molar-refractivity contribution in [1.29, 1.82) is 0 Å². The number of aryl methyl sites for hydroxylation is 2. The summed E-state index contributed by atoms with van der Waals surface area (Å²) >= 11 is 0. The Morgan fingerprint density at radius 1 is 1.40 bits per heavy atom. The van der Waals surface area contributed by atoms with Gasteiger partial charge >= 0.3 is 0 Å². The van der Waals surface area contributed by atoms with Gasteiger partial charge in [0.2, 0.25) is 11.7 Å². The molecule has 1 atom stereocenters. The highest BCUT2D eigenvalue weighted by molar-refractivity contribution is 5.58. The molecule has 0 bridgehead atoms. The summed E-state index contributed by atoms with van der Waals surface area (Å²) in [4.78, 5) is 4.44. The number of hydrogen-bond donors (Lipinski definition) is 1. The Bertz CT molecular complexity index is 566. The van der Waals surface area contributed by atoms with Crippen LogP contribution in [0.2, 0.25) is 0 Å². The molecular formula is C15H21N3O2. The molecule has 0 aliphatic rings. The Hall–Kier alpha value is -1.88. The molecule has 0 spiro atoms. The third kappa shape index (κ3) is 3.36. The highest BCUT2D eigenvalue weighted by atomic mass is 16.5. The molecule has 1 N–H and O–H groups in total. The normalized spacial score (nSPS) is 12.4. The van der Waals surface area contributed by atoms with Gasteiger partial charge in [-0.05, 0) is 51.1 Å². The van der Waals surface area contributed by atoms with Crippen LogP contribution in [-0.2, 0) is 6.42 Å². The molecule has 0 saturated carbocycles. The zero-order chi connectivity index (χ0) is 14.5. The second-order valence-corrected chi connectivity index (χ2v) is 4.92. The van der Waals surface area contributed by atoms with Crippen LogP contribution in [0.4, 0.5) is 0 Å². The summed E-state index contributed by atoms with van der Waals surface area (Å²) in [6.07, 6.45) is 1.75. The van der Waals surface area contributed by atoms with E-state index < -0.39 is 0 Å². The Kier molecular flexibility index (Phi) is 4.74. The molecule has 1 aromatic heterocycles. The summed E-state index contributed by atoms with van der Waals surface area (Å²) in [5.74, 6) is 2.17. The lowest BCUT2D eigenvalue weighted by Crippen LogP contribution is -2.21. The van der Waals surface area contributed by atoms with Crippen molar-refractivity contribution in [3.05, 3.63) is 29.7 Å². The predicted molar refractivity (Wildman–Crippen MR) is 77.9 cm³/mol. The molecule has 5 nitrogen and oxygen atoms in total. The zero-order valence-corrected chi connectivity index (χ0v) is 12.4. The van der Waals surface area contributed by atoms with Crippen molar-refractivity contribution in [3.8, 4) is 17.1 Å². The van der Waals surface area contributed by atoms with Crippen molar-refractivity contribution in [2.24, 2.45) is 0 Å². The highest BCUT2D eigenvalue weighted by Crippen LogP contribution is 2.24. The van der Waals surface area contributed by atoms with Gasteiger partial charge in [-0.1, -0.05) is 5.16 Å². The largest absolute Gasteiger partial charge is 0.496 e. The first-order valence-electron chi connectivity index (χ1n) is 6.79. The monoisotopic (exact) mass is 275 g/mol. The smallest absolute Gasteiger partial charge is 0.227 e. The Labute approximate surface area is 119 Å². The topological polar surface area (TPSA) is 60.2 Å². The number of nitrogens with one attached hydrogen (secondary N) is 1. The van der Waals surface area contributed by atoms with Crippen LogP contribution in [-0.4, -0.2) is 30.3 Å². The molecule has 1 unspecified atom stereocenters. The van der Waals surface area contributed by atoms with E-state index in [1.54, 1.807) is 7.11 Å². The van der Waals surface area contributed by atoms with E-state index in [-0.39, 0.29) is 0 Å². The first kappa shape index (κ1) is 14.5. The summed E-state index contributed by atoms with van der Waals surface area (Å²) < 4.78 is 10.5. The maximum atomic E-state index is 5.29. The van der Waals surface area contributed by atoms with Gasteiger partial charge in [-0.15, -0.1) is 0 Å². The molecule has 0 fully saturated rings. The molecule has 0 aliphatic carbocycles. The van der Waals surface area contributed by atoms with Gasteiger partial charge in [0.15, 0.2) is 0 Å². The van der Waals surface area contributed by atoms with Crippen LogP contribution in [0.25, 0.3) is 11.4 Å². The minimum Gasteiger partial charge on any atom is -0.496 e. The van der Waals surface area contributed by atoms with E-state index in [1.807, 2.05) is 32.2 Å². The Balaban J connectivity index is 2.10. The average molecular weight is 275 g/mol. The molecule has 0 radical (unpaired) electrons. The fourth-order valence-corrected chi connectivity index (χ4v) is 1.98. The number of rotatable bonds is 6. The van der Waals surface area contributed by atoms with Crippen LogP contribution in [0, 0.1) is 6.92 Å². The fourth-order valence-electron chi connectivity index (χ4n) is 1.98. The van der Waals surface area contributed by atoms with Crippen LogP contribution in [0.5, 0.6) is 5.75 Å². The first-order valence-corrected chi connectivity index (χ1v) is 6.79. The van der Waals surface area contributed by atoms with Gasteiger partial charge in [-0.3, -0.25) is 0 Å². The maximum Gasteiger partial charge on any atom is 0.227 e. The maximum absolute atomic E-state index is 5.29. The van der Waals surface area contributed by atoms with Crippen molar-refractivity contribution in [3.63, 3.8) is 0 Å². The predicted octanol–water partition coefficient (Wildman–Crippen LogP) is 2.59. The van der Waals surface area contributed by atoms with Gasteiger partial charge in [-0.25, -0.2) is 0 Å². The van der Waals surface area contributed by atoms with Crippen molar-refractivity contribution >= 4 is 0 Å². The molecule has 0 aliphatic heterocycles. The minimum absolute atomic E-state index is 0.439. The van der Waals surface area contributed by atoms with Gasteiger partial charge in [0.25, 0.3) is 0 Å². The molecule has 108 valence electrons. The van der Waals surface area contributed by atoms with E-state index in [0.29, 0.717) is 17.8 Å². The summed E-state index contributed by atoms with van der Waals surface area (Å²) in [7, 11) is 3.61. The molecule has 20 heavy (non-hydrogen) atoms. The van der Waals surface area contributed by atoms with Crippen molar-refractivity contribution in [2.75, 3.05) is 14.2 Å². The van der Waals surface area contributed by atoms with Crippen LogP contribution in [0.15, 0.2) is 22.7 Å². The number of benzene rings is 1. The average Bonchev–Trinajstić information content (AvgIpc) is 2.93. The summed E-state index contributed by atoms with van der Waals surface area (Å²) in [5.41, 5.74) is 2.00. The van der Waals surface area contributed by atoms with Gasteiger partial charge in [0.1, 0.15) is 5.75 Å². The van der Waals surface area contributed by atoms with E-state index in [4.69, 9.17) is 9.26 Å². The quantitative estimate of drug-likeness (QED) is 0.878. The van der Waals surface area contributed by atoms with E-state index in [1.165, 1.54) is 0 Å². The van der Waals surface area contributed by atoms with E-state index in [0.717, 1.165) is 29.7 Å². The number of hydrogen-bond acceptors (Lipinski definition) is 5.